The van der Waals surface area contributed by atoms with E-state index in [2.05, 4.69) is 79.4 Å². The summed E-state index contributed by atoms with van der Waals surface area (Å²) in [6, 6.07) is 26.4. The highest BCUT2D eigenvalue weighted by atomic mass is 32.1. The van der Waals surface area contributed by atoms with Gasteiger partial charge in [-0.05, 0) is 76.2 Å². The molecule has 1 aromatic heterocycles. The normalized spacial score (nSPS) is 15.5. The highest BCUT2D eigenvalue weighted by molar-refractivity contribution is 7.17. The number of aldehydes is 1. The van der Waals surface area contributed by atoms with E-state index in [0.717, 1.165) is 29.0 Å². The molecule has 152 valence electrons. The molecule has 2 aliphatic rings. The summed E-state index contributed by atoms with van der Waals surface area (Å²) in [7, 11) is 0. The summed E-state index contributed by atoms with van der Waals surface area (Å²) in [6.07, 6.45) is 1.96. The van der Waals surface area contributed by atoms with Crippen LogP contribution in [0.1, 0.15) is 40.2 Å². The van der Waals surface area contributed by atoms with Crippen molar-refractivity contribution < 1.29 is 4.79 Å². The van der Waals surface area contributed by atoms with Crippen molar-refractivity contribution in [3.63, 3.8) is 0 Å². The van der Waals surface area contributed by atoms with Crippen LogP contribution in [0.5, 0.6) is 0 Å². The van der Waals surface area contributed by atoms with Gasteiger partial charge in [-0.15, -0.1) is 11.3 Å². The Morgan fingerprint density at radius 1 is 0.903 bits per heavy atom. The number of carbonyl (C=O) groups excluding carboxylic acids is 1. The van der Waals surface area contributed by atoms with Crippen molar-refractivity contribution >= 4 is 29.0 Å². The highest BCUT2D eigenvalue weighted by Gasteiger charge is 2.35. The fourth-order valence-corrected chi connectivity index (χ4v) is 6.07. The van der Waals surface area contributed by atoms with Gasteiger partial charge in [-0.25, -0.2) is 0 Å². The molecule has 0 spiro atoms. The molecule has 6 rings (SSSR count). The van der Waals surface area contributed by atoms with Crippen LogP contribution in [0.25, 0.3) is 21.6 Å². The van der Waals surface area contributed by atoms with Gasteiger partial charge in [0, 0.05) is 28.2 Å². The van der Waals surface area contributed by atoms with Crippen LogP contribution in [-0.2, 0) is 11.8 Å². The van der Waals surface area contributed by atoms with Crippen LogP contribution in [0.15, 0.2) is 72.8 Å². The molecule has 3 heteroatoms. The van der Waals surface area contributed by atoms with E-state index in [4.69, 9.17) is 0 Å². The maximum atomic E-state index is 11.0. The second kappa shape index (κ2) is 6.66. The van der Waals surface area contributed by atoms with Crippen LogP contribution in [0.3, 0.4) is 0 Å². The van der Waals surface area contributed by atoms with Gasteiger partial charge >= 0.3 is 0 Å². The summed E-state index contributed by atoms with van der Waals surface area (Å²) in [4.78, 5) is 15.4. The van der Waals surface area contributed by atoms with E-state index in [9.17, 15) is 4.79 Å². The van der Waals surface area contributed by atoms with Crippen LogP contribution in [0.4, 0.5) is 11.4 Å². The molecule has 0 fully saturated rings. The molecule has 1 aliphatic carbocycles. The second-order valence-electron chi connectivity index (χ2n) is 8.97. The molecule has 0 unspecified atom stereocenters. The van der Waals surface area contributed by atoms with Crippen molar-refractivity contribution in [2.24, 2.45) is 0 Å². The standard InChI is InChI=1S/C28H23NOS/c1-28(2)24-6-4-3-5-22(24)23-10-8-20(16-25(23)28)29-14-13-18-15-19(7-11-26(18)29)27-12-9-21(17-30)31-27/h3-12,15-17H,13-14H2,1-2H3. The molecule has 1 aliphatic heterocycles. The Balaban J connectivity index is 1.38. The third kappa shape index (κ3) is 2.73. The molecule has 0 saturated heterocycles. The van der Waals surface area contributed by atoms with Crippen LogP contribution >= 0.6 is 11.3 Å². The van der Waals surface area contributed by atoms with Gasteiger partial charge in [-0.1, -0.05) is 50.2 Å². The molecule has 2 heterocycles. The summed E-state index contributed by atoms with van der Waals surface area (Å²) >= 11 is 1.55. The summed E-state index contributed by atoms with van der Waals surface area (Å²) in [5.74, 6) is 0. The minimum absolute atomic E-state index is 0.0177. The van der Waals surface area contributed by atoms with Gasteiger partial charge in [-0.3, -0.25) is 4.79 Å². The minimum Gasteiger partial charge on any atom is -0.341 e. The number of rotatable bonds is 3. The minimum atomic E-state index is 0.0177. The third-order valence-electron chi connectivity index (χ3n) is 6.88. The number of anilines is 2. The zero-order valence-electron chi connectivity index (χ0n) is 17.7. The third-order valence-corrected chi connectivity index (χ3v) is 7.94. The van der Waals surface area contributed by atoms with Crippen molar-refractivity contribution in [1.82, 2.24) is 0 Å². The SMILES string of the molecule is CC1(C)c2ccccc2-c2ccc(N3CCc4cc(-c5ccc(C=O)s5)ccc43)cc21. The predicted octanol–water partition coefficient (Wildman–Crippen LogP) is 7.23. The number of nitrogens with zero attached hydrogens (tertiary/aromatic N) is 1. The lowest BCUT2D eigenvalue weighted by molar-refractivity contribution is 0.112. The molecular weight excluding hydrogens is 398 g/mol. The maximum Gasteiger partial charge on any atom is 0.160 e. The van der Waals surface area contributed by atoms with E-state index in [1.807, 2.05) is 12.1 Å². The average molecular weight is 422 g/mol. The fourth-order valence-electron chi connectivity index (χ4n) is 5.25. The maximum absolute atomic E-state index is 11.0. The predicted molar refractivity (Wildman–Crippen MR) is 130 cm³/mol. The first-order valence-corrected chi connectivity index (χ1v) is 11.6. The zero-order chi connectivity index (χ0) is 21.2. The van der Waals surface area contributed by atoms with Gasteiger partial charge in [0.15, 0.2) is 6.29 Å². The zero-order valence-corrected chi connectivity index (χ0v) is 18.5. The van der Waals surface area contributed by atoms with Crippen LogP contribution in [-0.4, -0.2) is 12.8 Å². The summed E-state index contributed by atoms with van der Waals surface area (Å²) in [5.41, 5.74) is 10.7. The number of fused-ring (bicyclic) bond motifs is 4. The smallest absolute Gasteiger partial charge is 0.160 e. The van der Waals surface area contributed by atoms with Gasteiger partial charge in [0.2, 0.25) is 0 Å². The Kier molecular flexibility index (Phi) is 4.00. The molecule has 4 aromatic rings. The Hall–Kier alpha value is -3.17. The Labute approximate surface area is 186 Å². The number of thiophene rings is 1. The van der Waals surface area contributed by atoms with Gasteiger partial charge in [-0.2, -0.15) is 0 Å². The van der Waals surface area contributed by atoms with Gasteiger partial charge in [0.25, 0.3) is 0 Å². The molecule has 0 atom stereocenters. The molecule has 2 nitrogen and oxygen atoms in total. The summed E-state index contributed by atoms with van der Waals surface area (Å²) in [6.45, 7) is 5.66. The summed E-state index contributed by atoms with van der Waals surface area (Å²) < 4.78 is 0. The Bertz CT molecular complexity index is 1350. The van der Waals surface area contributed by atoms with E-state index in [0.29, 0.717) is 0 Å². The first-order valence-electron chi connectivity index (χ1n) is 10.8. The molecular formula is C28H23NOS. The molecule has 0 saturated carbocycles. The Morgan fingerprint density at radius 2 is 1.74 bits per heavy atom. The molecule has 0 amide bonds. The topological polar surface area (TPSA) is 20.3 Å². The molecule has 0 radical (unpaired) electrons. The van der Waals surface area contributed by atoms with Gasteiger partial charge in [0.05, 0.1) is 4.88 Å². The first kappa shape index (κ1) is 18.6. The number of hydrogen-bond donors (Lipinski definition) is 0. The van der Waals surface area contributed by atoms with Crippen molar-refractivity contribution in [2.45, 2.75) is 25.7 Å². The number of carbonyl (C=O) groups is 1. The second-order valence-corrected chi connectivity index (χ2v) is 10.1. The van der Waals surface area contributed by atoms with E-state index < -0.39 is 0 Å². The van der Waals surface area contributed by atoms with E-state index >= 15 is 0 Å². The number of benzene rings is 3. The number of hydrogen-bond acceptors (Lipinski definition) is 3. The highest BCUT2D eigenvalue weighted by Crippen LogP contribution is 2.50. The lowest BCUT2D eigenvalue weighted by atomic mass is 9.82. The molecule has 31 heavy (non-hydrogen) atoms. The lowest BCUT2D eigenvalue weighted by Crippen LogP contribution is -2.17. The van der Waals surface area contributed by atoms with Crippen molar-refractivity contribution in [3.05, 3.63) is 94.4 Å². The van der Waals surface area contributed by atoms with Crippen molar-refractivity contribution in [1.29, 1.82) is 0 Å². The van der Waals surface area contributed by atoms with Crippen molar-refractivity contribution in [3.8, 4) is 21.6 Å². The van der Waals surface area contributed by atoms with Crippen LogP contribution < -0.4 is 4.90 Å². The molecule has 0 N–H and O–H groups in total. The van der Waals surface area contributed by atoms with E-state index in [1.165, 1.54) is 44.8 Å². The van der Waals surface area contributed by atoms with Gasteiger partial charge < -0.3 is 4.90 Å². The van der Waals surface area contributed by atoms with Crippen molar-refractivity contribution in [2.75, 3.05) is 11.4 Å². The van der Waals surface area contributed by atoms with Gasteiger partial charge in [0.1, 0.15) is 0 Å². The monoisotopic (exact) mass is 421 g/mol. The summed E-state index contributed by atoms with van der Waals surface area (Å²) in [5, 5.41) is 0. The fraction of sp³-hybridized carbons (Fsp3) is 0.179. The van der Waals surface area contributed by atoms with E-state index in [1.54, 1.807) is 11.3 Å². The first-order chi connectivity index (χ1) is 15.1. The average Bonchev–Trinajstić information content (AvgIpc) is 3.49. The quantitative estimate of drug-likeness (QED) is 0.325. The van der Waals surface area contributed by atoms with Crippen LogP contribution in [0, 0.1) is 0 Å². The largest absolute Gasteiger partial charge is 0.341 e. The lowest BCUT2D eigenvalue weighted by Gasteiger charge is -2.25. The molecule has 3 aromatic carbocycles. The van der Waals surface area contributed by atoms with Crippen LogP contribution in [0.2, 0.25) is 0 Å². The Morgan fingerprint density at radius 3 is 2.58 bits per heavy atom. The molecule has 0 bridgehead atoms. The van der Waals surface area contributed by atoms with E-state index in [-0.39, 0.29) is 5.41 Å².